The number of benzene rings is 1. The van der Waals surface area contributed by atoms with Gasteiger partial charge in [-0.25, -0.2) is 0 Å². The van der Waals surface area contributed by atoms with Crippen LogP contribution in [0.25, 0.3) is 0 Å². The first-order valence-corrected chi connectivity index (χ1v) is 8.21. The molecule has 1 atom stereocenters. The molecule has 7 heteroatoms. The largest absolute Gasteiger partial charge is 0.597 e. The molecule has 1 aromatic carbocycles. The molecular formula is C14H18N2O4S. The highest BCUT2D eigenvalue weighted by Crippen LogP contribution is 2.22. The van der Waals surface area contributed by atoms with Crippen LogP contribution >= 0.6 is 0 Å². The summed E-state index contributed by atoms with van der Waals surface area (Å²) in [5.41, 5.74) is 1.21. The Morgan fingerprint density at radius 2 is 1.86 bits per heavy atom. The Morgan fingerprint density at radius 3 is 2.33 bits per heavy atom. The zero-order valence-electron chi connectivity index (χ0n) is 12.0. The third-order valence-electron chi connectivity index (χ3n) is 3.48. The molecule has 0 bridgehead atoms. The van der Waals surface area contributed by atoms with E-state index in [0.29, 0.717) is 17.8 Å². The summed E-state index contributed by atoms with van der Waals surface area (Å²) in [6.07, 6.45) is 0.735. The Labute approximate surface area is 125 Å². The van der Waals surface area contributed by atoms with Crippen LogP contribution in [0.1, 0.15) is 24.2 Å². The molecule has 0 aliphatic carbocycles. The van der Waals surface area contributed by atoms with Gasteiger partial charge in [0, 0.05) is 17.8 Å². The summed E-state index contributed by atoms with van der Waals surface area (Å²) in [6.45, 7) is 3.65. The molecule has 1 aromatic rings. The predicted octanol–water partition coefficient (Wildman–Crippen LogP) is 1.10. The van der Waals surface area contributed by atoms with Gasteiger partial charge in [-0.05, 0) is 38.1 Å². The Kier molecular flexibility index (Phi) is 4.55. The molecule has 1 amide bonds. The molecule has 0 saturated carbocycles. The Morgan fingerprint density at radius 1 is 1.24 bits per heavy atom. The van der Waals surface area contributed by atoms with Crippen molar-refractivity contribution < 1.29 is 18.4 Å². The van der Waals surface area contributed by atoms with E-state index < -0.39 is 15.6 Å². The number of anilines is 1. The quantitative estimate of drug-likeness (QED) is 0.616. The lowest BCUT2D eigenvalue weighted by Gasteiger charge is -2.36. The number of aldehydes is 1. The van der Waals surface area contributed by atoms with Crippen molar-refractivity contribution in [3.8, 4) is 0 Å². The number of hydrogen-bond acceptors (Lipinski definition) is 4. The number of amides is 1. The van der Waals surface area contributed by atoms with Crippen molar-refractivity contribution in [3.05, 3.63) is 29.8 Å². The maximum atomic E-state index is 12.2. The van der Waals surface area contributed by atoms with Crippen LogP contribution in [0.2, 0.25) is 0 Å². The van der Waals surface area contributed by atoms with Gasteiger partial charge in [-0.3, -0.25) is 9.59 Å². The van der Waals surface area contributed by atoms with Gasteiger partial charge in [-0.1, -0.05) is 4.21 Å². The molecule has 1 aliphatic heterocycles. The van der Waals surface area contributed by atoms with Crippen LogP contribution in [0.5, 0.6) is 0 Å². The second kappa shape index (κ2) is 6.05. The Balaban J connectivity index is 2.12. The molecular weight excluding hydrogens is 292 g/mol. The monoisotopic (exact) mass is 310 g/mol. The summed E-state index contributed by atoms with van der Waals surface area (Å²) in [4.78, 5) is 24.3. The zero-order valence-corrected chi connectivity index (χ0v) is 12.8. The number of hydrogen-bond donors (Lipinski definition) is 0. The molecule has 114 valence electrons. The fourth-order valence-corrected chi connectivity index (χ4v) is 3.40. The van der Waals surface area contributed by atoms with Gasteiger partial charge in [0.25, 0.3) is 0 Å². The first kappa shape index (κ1) is 15.8. The minimum Gasteiger partial charge on any atom is -0.597 e. The second-order valence-electron chi connectivity index (χ2n) is 5.18. The standard InChI is InChI=1S/C14H18N2O4S/c1-11(2)21(19,20)15-7-8-16(14(18)9-15)13-5-3-12(10-17)4-6-13/h3-6,10-11H,7-9H2,1-2H3. The minimum absolute atomic E-state index is 0.143. The van der Waals surface area contributed by atoms with Crippen LogP contribution in [0.15, 0.2) is 24.3 Å². The molecule has 1 aliphatic rings. The number of nitrogens with zero attached hydrogens (tertiary/aromatic N) is 2. The second-order valence-corrected chi connectivity index (χ2v) is 7.67. The van der Waals surface area contributed by atoms with Gasteiger partial charge < -0.3 is 9.45 Å². The summed E-state index contributed by atoms with van der Waals surface area (Å²) < 4.78 is 25.4. The van der Waals surface area contributed by atoms with Crippen molar-refractivity contribution >= 4 is 28.3 Å². The van der Waals surface area contributed by atoms with Crippen LogP contribution in [0.4, 0.5) is 5.69 Å². The van der Waals surface area contributed by atoms with Crippen molar-refractivity contribution in [2.24, 2.45) is 0 Å². The molecule has 1 heterocycles. The molecule has 1 saturated heterocycles. The van der Waals surface area contributed by atoms with Crippen LogP contribution in [0.3, 0.4) is 0 Å². The highest BCUT2D eigenvalue weighted by Gasteiger charge is 2.37. The molecule has 1 unspecified atom stereocenters. The van der Waals surface area contributed by atoms with E-state index in [0.717, 1.165) is 6.29 Å². The van der Waals surface area contributed by atoms with Crippen molar-refractivity contribution in [2.75, 3.05) is 24.5 Å². The molecule has 0 radical (unpaired) electrons. The molecule has 1 fully saturated rings. The van der Waals surface area contributed by atoms with Crippen molar-refractivity contribution in [1.82, 2.24) is 4.31 Å². The van der Waals surface area contributed by atoms with Crippen molar-refractivity contribution in [1.29, 1.82) is 0 Å². The molecule has 0 aromatic heterocycles. The SMILES string of the molecule is CC(C)[S+](=O)([O-])N1CCN(c2ccc(C=O)cc2)C(=O)C1. The fraction of sp³-hybridized carbons (Fsp3) is 0.429. The molecule has 6 nitrogen and oxygen atoms in total. The van der Waals surface area contributed by atoms with E-state index >= 15 is 0 Å². The lowest BCUT2D eigenvalue weighted by molar-refractivity contribution is -0.120. The van der Waals surface area contributed by atoms with E-state index in [4.69, 9.17) is 0 Å². The number of carbonyl (C=O) groups is 2. The average Bonchev–Trinajstić information content (AvgIpc) is 2.47. The van der Waals surface area contributed by atoms with Crippen LogP contribution in [-0.4, -0.2) is 45.9 Å². The lowest BCUT2D eigenvalue weighted by atomic mass is 10.2. The summed E-state index contributed by atoms with van der Waals surface area (Å²) >= 11 is 0. The molecule has 21 heavy (non-hydrogen) atoms. The maximum Gasteiger partial charge on any atom is 0.245 e. The van der Waals surface area contributed by atoms with Gasteiger partial charge in [0.15, 0.2) is 0 Å². The van der Waals surface area contributed by atoms with E-state index in [1.807, 2.05) is 0 Å². The summed E-state index contributed by atoms with van der Waals surface area (Å²) in [5.74, 6) is -0.260. The average molecular weight is 310 g/mol. The summed E-state index contributed by atoms with van der Waals surface area (Å²) in [7, 11) is -3.41. The van der Waals surface area contributed by atoms with Crippen LogP contribution in [0, 0.1) is 0 Å². The van der Waals surface area contributed by atoms with Crippen molar-refractivity contribution in [2.45, 2.75) is 19.1 Å². The topological polar surface area (TPSA) is 80.8 Å². The third kappa shape index (κ3) is 3.20. The minimum atomic E-state index is -3.41. The van der Waals surface area contributed by atoms with Gasteiger partial charge in [-0.2, -0.15) is 0 Å². The molecule has 0 N–H and O–H groups in total. The highest BCUT2D eigenvalue weighted by atomic mass is 32.3. The predicted molar refractivity (Wildman–Crippen MR) is 79.7 cm³/mol. The number of carbonyl (C=O) groups excluding carboxylic acids is 2. The van der Waals surface area contributed by atoms with E-state index in [1.165, 1.54) is 4.31 Å². The lowest BCUT2D eigenvalue weighted by Crippen LogP contribution is -2.55. The Bertz CT molecular complexity index is 585. The van der Waals surface area contributed by atoms with Gasteiger partial charge in [0.2, 0.25) is 5.91 Å². The van der Waals surface area contributed by atoms with E-state index in [-0.39, 0.29) is 19.0 Å². The smallest absolute Gasteiger partial charge is 0.245 e. The normalized spacial score (nSPS) is 19.6. The van der Waals surface area contributed by atoms with Crippen LogP contribution < -0.4 is 4.90 Å². The summed E-state index contributed by atoms with van der Waals surface area (Å²) in [5, 5.41) is -0.538. The van der Waals surface area contributed by atoms with Crippen LogP contribution in [-0.2, 0) is 19.4 Å². The summed E-state index contributed by atoms with van der Waals surface area (Å²) in [6, 6.07) is 6.64. The third-order valence-corrected chi connectivity index (χ3v) is 5.71. The first-order chi connectivity index (χ1) is 9.86. The maximum absolute atomic E-state index is 12.2. The van der Waals surface area contributed by atoms with Gasteiger partial charge >= 0.3 is 0 Å². The van der Waals surface area contributed by atoms with Gasteiger partial charge in [0.1, 0.15) is 28.5 Å². The fourth-order valence-electron chi connectivity index (χ4n) is 2.17. The molecule has 0 spiro atoms. The Hall–Kier alpha value is -1.57. The zero-order chi connectivity index (χ0) is 15.6. The highest BCUT2D eigenvalue weighted by molar-refractivity contribution is 7.96. The van der Waals surface area contributed by atoms with Gasteiger partial charge in [0.05, 0.1) is 6.54 Å². The van der Waals surface area contributed by atoms with E-state index in [1.54, 1.807) is 43.0 Å². The number of piperazine rings is 1. The number of sulfonamides is 1. The van der Waals surface area contributed by atoms with E-state index in [9.17, 15) is 18.4 Å². The molecule has 2 rings (SSSR count). The number of rotatable bonds is 4. The van der Waals surface area contributed by atoms with Crippen molar-refractivity contribution in [3.63, 3.8) is 0 Å². The van der Waals surface area contributed by atoms with E-state index in [2.05, 4.69) is 0 Å². The van der Waals surface area contributed by atoms with Gasteiger partial charge in [-0.15, -0.1) is 4.31 Å². The first-order valence-electron chi connectivity index (χ1n) is 6.71.